The molecule has 124 valence electrons. The van der Waals surface area contributed by atoms with Crippen molar-refractivity contribution >= 4 is 17.8 Å². The average Bonchev–Trinajstić information content (AvgIpc) is 3.01. The summed E-state index contributed by atoms with van der Waals surface area (Å²) >= 11 is 0. The van der Waals surface area contributed by atoms with Gasteiger partial charge in [-0.15, -0.1) is 0 Å². The monoisotopic (exact) mass is 320 g/mol. The number of hydrogen-bond acceptors (Lipinski definition) is 4. The van der Waals surface area contributed by atoms with Gasteiger partial charge in [0.15, 0.2) is 0 Å². The second-order valence-electron chi connectivity index (χ2n) is 5.53. The number of carbonyl (C=O) groups excluding carboxylic acids is 2. The van der Waals surface area contributed by atoms with E-state index in [0.29, 0.717) is 30.6 Å². The molecule has 2 atom stereocenters. The number of nitrogens with one attached hydrogen (secondary N) is 2. The standard InChI is InChI=1S/C16H20N2O5/c1-23-13-4-2-3-10(8-13)15(20)17-9-14(19)18-12-6-5-11(7-12)16(21)22/h2-4,8,11-12H,5-7,9H2,1H3,(H,17,20)(H,18,19)(H,21,22)/t11-,12+/m1/s1. The number of benzene rings is 1. The van der Waals surface area contributed by atoms with Gasteiger partial charge in [-0.05, 0) is 37.5 Å². The minimum atomic E-state index is -0.826. The summed E-state index contributed by atoms with van der Waals surface area (Å²) in [7, 11) is 1.51. The number of amides is 2. The highest BCUT2D eigenvalue weighted by Crippen LogP contribution is 2.25. The van der Waals surface area contributed by atoms with Crippen LogP contribution in [-0.4, -0.2) is 42.6 Å². The minimum Gasteiger partial charge on any atom is -0.497 e. The molecule has 0 unspecified atom stereocenters. The summed E-state index contributed by atoms with van der Waals surface area (Å²) in [6.45, 7) is -0.149. The van der Waals surface area contributed by atoms with Crippen molar-refractivity contribution in [2.75, 3.05) is 13.7 Å². The number of carbonyl (C=O) groups is 3. The molecular weight excluding hydrogens is 300 g/mol. The summed E-state index contributed by atoms with van der Waals surface area (Å²) in [5, 5.41) is 14.2. The van der Waals surface area contributed by atoms with Gasteiger partial charge in [0.1, 0.15) is 5.75 Å². The molecule has 2 amide bonds. The zero-order valence-electron chi connectivity index (χ0n) is 12.9. The van der Waals surface area contributed by atoms with E-state index in [9.17, 15) is 14.4 Å². The van der Waals surface area contributed by atoms with Crippen LogP contribution >= 0.6 is 0 Å². The Labute approximate surface area is 134 Å². The maximum absolute atomic E-state index is 12.0. The SMILES string of the molecule is COc1cccc(C(=O)NCC(=O)N[C@H]2CC[C@@H](C(=O)O)C2)c1. The molecule has 7 heteroatoms. The fourth-order valence-corrected chi connectivity index (χ4v) is 2.64. The van der Waals surface area contributed by atoms with E-state index in [-0.39, 0.29) is 24.4 Å². The third-order valence-corrected chi connectivity index (χ3v) is 3.89. The molecule has 7 nitrogen and oxygen atoms in total. The number of rotatable bonds is 6. The zero-order chi connectivity index (χ0) is 16.8. The van der Waals surface area contributed by atoms with E-state index in [1.165, 1.54) is 7.11 Å². The van der Waals surface area contributed by atoms with Crippen molar-refractivity contribution in [2.45, 2.75) is 25.3 Å². The lowest BCUT2D eigenvalue weighted by Crippen LogP contribution is -2.41. The molecule has 1 aromatic carbocycles. The van der Waals surface area contributed by atoms with Gasteiger partial charge in [-0.25, -0.2) is 0 Å². The molecule has 23 heavy (non-hydrogen) atoms. The number of methoxy groups -OCH3 is 1. The van der Waals surface area contributed by atoms with E-state index in [0.717, 1.165) is 0 Å². The van der Waals surface area contributed by atoms with E-state index in [2.05, 4.69) is 10.6 Å². The number of hydrogen-bond donors (Lipinski definition) is 3. The second-order valence-corrected chi connectivity index (χ2v) is 5.53. The van der Waals surface area contributed by atoms with Crippen LogP contribution in [0.15, 0.2) is 24.3 Å². The Kier molecular flexibility index (Phi) is 5.56. The van der Waals surface area contributed by atoms with Gasteiger partial charge in [0.25, 0.3) is 5.91 Å². The van der Waals surface area contributed by atoms with E-state index in [1.54, 1.807) is 24.3 Å². The summed E-state index contributed by atoms with van der Waals surface area (Å²) in [5.74, 6) is -1.35. The largest absolute Gasteiger partial charge is 0.497 e. The van der Waals surface area contributed by atoms with Crippen LogP contribution in [0, 0.1) is 5.92 Å². The van der Waals surface area contributed by atoms with Crippen molar-refractivity contribution in [2.24, 2.45) is 5.92 Å². The molecular formula is C16H20N2O5. The fourth-order valence-electron chi connectivity index (χ4n) is 2.64. The van der Waals surface area contributed by atoms with Gasteiger partial charge in [-0.2, -0.15) is 0 Å². The van der Waals surface area contributed by atoms with Gasteiger partial charge in [-0.3, -0.25) is 14.4 Å². The fraction of sp³-hybridized carbons (Fsp3) is 0.438. The van der Waals surface area contributed by atoms with Crippen molar-refractivity contribution in [3.8, 4) is 5.75 Å². The smallest absolute Gasteiger partial charge is 0.306 e. The average molecular weight is 320 g/mol. The molecule has 0 heterocycles. The van der Waals surface area contributed by atoms with Crippen LogP contribution in [-0.2, 0) is 9.59 Å². The Morgan fingerprint density at radius 1 is 1.30 bits per heavy atom. The van der Waals surface area contributed by atoms with E-state index in [4.69, 9.17) is 9.84 Å². The van der Waals surface area contributed by atoms with Crippen LogP contribution in [0.4, 0.5) is 0 Å². The van der Waals surface area contributed by atoms with Crippen LogP contribution in [0.1, 0.15) is 29.6 Å². The summed E-state index contributed by atoms with van der Waals surface area (Å²) in [5.41, 5.74) is 0.406. The predicted octanol–water partition coefficient (Wildman–Crippen LogP) is 0.794. The highest BCUT2D eigenvalue weighted by molar-refractivity contribution is 5.96. The first-order valence-corrected chi connectivity index (χ1v) is 7.44. The Balaban J connectivity index is 1.78. The van der Waals surface area contributed by atoms with Crippen molar-refractivity contribution in [3.63, 3.8) is 0 Å². The van der Waals surface area contributed by atoms with Crippen molar-refractivity contribution < 1.29 is 24.2 Å². The Morgan fingerprint density at radius 3 is 2.74 bits per heavy atom. The van der Waals surface area contributed by atoms with E-state index >= 15 is 0 Å². The molecule has 0 aliphatic heterocycles. The molecule has 2 rings (SSSR count). The molecule has 1 saturated carbocycles. The molecule has 1 aliphatic rings. The highest BCUT2D eigenvalue weighted by Gasteiger charge is 2.30. The van der Waals surface area contributed by atoms with E-state index < -0.39 is 11.9 Å². The molecule has 0 radical (unpaired) electrons. The lowest BCUT2D eigenvalue weighted by atomic mass is 10.1. The molecule has 0 spiro atoms. The summed E-state index contributed by atoms with van der Waals surface area (Å²) in [6, 6.07) is 6.49. The maximum atomic E-state index is 12.0. The number of aliphatic carboxylic acids is 1. The molecule has 1 aliphatic carbocycles. The van der Waals surface area contributed by atoms with Crippen LogP contribution in [0.5, 0.6) is 5.75 Å². The van der Waals surface area contributed by atoms with Crippen LogP contribution in [0.3, 0.4) is 0 Å². The molecule has 0 aromatic heterocycles. The summed E-state index contributed by atoms with van der Waals surface area (Å²) in [6.07, 6.45) is 1.65. The first-order valence-electron chi connectivity index (χ1n) is 7.44. The summed E-state index contributed by atoms with van der Waals surface area (Å²) < 4.78 is 5.04. The van der Waals surface area contributed by atoms with Crippen molar-refractivity contribution in [1.82, 2.24) is 10.6 Å². The van der Waals surface area contributed by atoms with Gasteiger partial charge in [-0.1, -0.05) is 6.07 Å². The first kappa shape index (κ1) is 16.8. The molecule has 1 aromatic rings. The highest BCUT2D eigenvalue weighted by atomic mass is 16.5. The molecule has 3 N–H and O–H groups in total. The van der Waals surface area contributed by atoms with Crippen LogP contribution < -0.4 is 15.4 Å². The van der Waals surface area contributed by atoms with Crippen molar-refractivity contribution in [3.05, 3.63) is 29.8 Å². The lowest BCUT2D eigenvalue weighted by Gasteiger charge is -2.13. The third-order valence-electron chi connectivity index (χ3n) is 3.89. The number of ether oxygens (including phenoxy) is 1. The minimum absolute atomic E-state index is 0.141. The van der Waals surface area contributed by atoms with E-state index in [1.807, 2.05) is 0 Å². The van der Waals surface area contributed by atoms with Gasteiger partial charge >= 0.3 is 5.97 Å². The lowest BCUT2D eigenvalue weighted by molar-refractivity contribution is -0.141. The quantitative estimate of drug-likeness (QED) is 0.719. The van der Waals surface area contributed by atoms with Crippen molar-refractivity contribution in [1.29, 1.82) is 0 Å². The number of carboxylic acids is 1. The normalized spacial score (nSPS) is 19.9. The second kappa shape index (κ2) is 7.62. The Morgan fingerprint density at radius 2 is 2.09 bits per heavy atom. The van der Waals surface area contributed by atoms with Gasteiger partial charge in [0.05, 0.1) is 19.6 Å². The summed E-state index contributed by atoms with van der Waals surface area (Å²) in [4.78, 5) is 34.7. The molecule has 0 bridgehead atoms. The third kappa shape index (κ3) is 4.70. The zero-order valence-corrected chi connectivity index (χ0v) is 12.9. The Bertz CT molecular complexity index is 602. The van der Waals surface area contributed by atoms with Crippen LogP contribution in [0.2, 0.25) is 0 Å². The predicted molar refractivity (Wildman–Crippen MR) is 82.2 cm³/mol. The topological polar surface area (TPSA) is 105 Å². The van der Waals surface area contributed by atoms with Gasteiger partial charge in [0.2, 0.25) is 5.91 Å². The van der Waals surface area contributed by atoms with Crippen LogP contribution in [0.25, 0.3) is 0 Å². The number of carboxylic acid groups (broad SMARTS) is 1. The maximum Gasteiger partial charge on any atom is 0.306 e. The first-order chi connectivity index (χ1) is 11.0. The Hall–Kier alpha value is -2.57. The molecule has 1 fully saturated rings. The molecule has 0 saturated heterocycles. The van der Waals surface area contributed by atoms with Gasteiger partial charge in [0, 0.05) is 11.6 Å². The van der Waals surface area contributed by atoms with Gasteiger partial charge < -0.3 is 20.5 Å².